The average molecular weight is 1290 g/mol. The van der Waals surface area contributed by atoms with Gasteiger partial charge in [-0.3, -0.25) is 0 Å². The molecule has 10 aromatic carbocycles. The third kappa shape index (κ3) is 21.4. The summed E-state index contributed by atoms with van der Waals surface area (Å²) in [6.45, 7) is 16.4. The van der Waals surface area contributed by atoms with E-state index in [9.17, 15) is 51.1 Å². The Morgan fingerprint density at radius 2 is 0.584 bits per heavy atom. The summed E-state index contributed by atoms with van der Waals surface area (Å²) in [6.07, 6.45) is 0. The Labute approximate surface area is 534 Å². The first-order chi connectivity index (χ1) is 42.7. The number of aromatic hydroxyl groups is 5. The van der Waals surface area contributed by atoms with E-state index >= 15 is 0 Å². The lowest BCUT2D eigenvalue weighted by molar-refractivity contribution is 0.282. The van der Waals surface area contributed by atoms with Crippen LogP contribution in [0.15, 0.2) is 206 Å². The van der Waals surface area contributed by atoms with Gasteiger partial charge < -0.3 is 51.1 Å². The maximum absolute atomic E-state index is 10.6. The molecule has 0 saturated carbocycles. The molecule has 0 fully saturated rings. The molecule has 10 rings (SSSR count). The van der Waals surface area contributed by atoms with E-state index in [0.29, 0.717) is 71.7 Å². The maximum atomic E-state index is 10.6. The largest absolute Gasteiger partial charge is 0.507 e. The van der Waals surface area contributed by atoms with Gasteiger partial charge in [-0.05, 0) is 147 Å². The van der Waals surface area contributed by atoms with Gasteiger partial charge in [0.25, 0.3) is 0 Å². The molecule has 0 aromatic heterocycles. The molecular weight excluding hydrogens is 1200 g/mol. The lowest BCUT2D eigenvalue weighted by atomic mass is 9.85. The van der Waals surface area contributed by atoms with Crippen LogP contribution in [0.5, 0.6) is 28.7 Å². The van der Waals surface area contributed by atoms with E-state index in [0.717, 1.165) is 114 Å². The number of aliphatic hydroxyl groups excluding tert-OH is 5. The Kier molecular flexibility index (Phi) is 28.4. The lowest BCUT2D eigenvalue weighted by Gasteiger charge is -2.23. The van der Waals surface area contributed by atoms with Gasteiger partial charge in [-0.1, -0.05) is 245 Å². The van der Waals surface area contributed by atoms with Gasteiger partial charge >= 0.3 is 0 Å². The minimum Gasteiger partial charge on any atom is -0.507 e. The molecule has 0 amide bonds. The van der Waals surface area contributed by atoms with E-state index in [1.807, 2.05) is 210 Å². The van der Waals surface area contributed by atoms with Crippen molar-refractivity contribution < 1.29 is 51.1 Å². The van der Waals surface area contributed by atoms with Crippen LogP contribution in [0.3, 0.4) is 0 Å². The fourth-order valence-corrected chi connectivity index (χ4v) is 15.7. The monoisotopic (exact) mass is 1290 g/mol. The third-order valence-corrected chi connectivity index (χ3v) is 21.2. The first-order valence-corrected chi connectivity index (χ1v) is 34.0. The predicted molar refractivity (Wildman–Crippen MR) is 383 cm³/mol. The summed E-state index contributed by atoms with van der Waals surface area (Å²) >= 11 is 0. The summed E-state index contributed by atoms with van der Waals surface area (Å²) in [5.74, 6) is 1.75. The smallest absolute Gasteiger partial charge is 0.127 e. The van der Waals surface area contributed by atoms with Crippen LogP contribution in [0.4, 0.5) is 0 Å². The van der Waals surface area contributed by atoms with Gasteiger partial charge in [0.15, 0.2) is 0 Å². The summed E-state index contributed by atoms with van der Waals surface area (Å²) in [5, 5.41) is 107. The van der Waals surface area contributed by atoms with Gasteiger partial charge in [-0.15, -0.1) is 0 Å². The van der Waals surface area contributed by atoms with E-state index < -0.39 is 0 Å². The molecule has 0 bridgehead atoms. The van der Waals surface area contributed by atoms with Gasteiger partial charge in [0.2, 0.25) is 0 Å². The van der Waals surface area contributed by atoms with Crippen molar-refractivity contribution in [2.75, 3.05) is 0 Å². The van der Waals surface area contributed by atoms with Crippen molar-refractivity contribution in [1.82, 2.24) is 0 Å². The summed E-state index contributed by atoms with van der Waals surface area (Å²) in [5.41, 5.74) is 10.7. The van der Waals surface area contributed by atoms with E-state index in [1.165, 1.54) is 0 Å². The molecule has 0 radical (unpaired) electrons. The number of aryl methyl sites for hydroxylation is 5. The average Bonchev–Trinajstić information content (AvgIpc) is 1.89. The number of phenolic OH excluding ortho intramolecular Hbond substituents is 5. The maximum Gasteiger partial charge on any atom is 0.127 e. The van der Waals surface area contributed by atoms with Crippen molar-refractivity contribution in [2.45, 2.75) is 93.8 Å². The van der Waals surface area contributed by atoms with Crippen molar-refractivity contribution in [3.05, 3.63) is 267 Å². The molecule has 89 heavy (non-hydrogen) atoms. The SMILES string of the molecule is Cc1cc(C)c(O)c(Pc2ccccc2CO)c1.Cc1cc(Pc2ccccc2CO)c(O)c(C(C)(C)C)c1.Cc1ccc(O)c(Pc2ccccc2CO)c1.Cc1cccc(Pc2ccccc2CO)c1O.OCc1ccccc1Pc1ccccc1O. The standard InChI is InChI=1S/C18H23O2P.C15H17O2P.2C14H15O2P.C13H13O2P/c1-12-9-14(18(2,3)4)17(20)16(10-12)21-15-8-6-5-7-13(15)11-19;1-10-7-11(2)15(17)14(8-10)18-13-6-4-3-5-12(13)9-16;1-10-5-4-8-13(14(10)16)17-12-7-3-2-6-11(12)9-15;1-10-6-7-12(16)14(8-10)17-13-5-3-2-4-11(13)9-15;14-9-10-5-1-3-7-12(10)16-13-8-4-2-6-11(13)15/h5-10,19-21H,11H2,1-4H3;3-8,16-18H,9H2,1-2H3;2*2-8,15-17H,9H2,1H3;1-8,14-16H,9H2. The van der Waals surface area contributed by atoms with Crippen molar-refractivity contribution >= 4 is 95.9 Å². The van der Waals surface area contributed by atoms with Crippen molar-refractivity contribution in [3.8, 4) is 28.7 Å². The fourth-order valence-electron chi connectivity index (χ4n) is 9.22. The topological polar surface area (TPSA) is 202 Å². The zero-order valence-electron chi connectivity index (χ0n) is 51.6. The molecule has 0 saturated heterocycles. The van der Waals surface area contributed by atoms with Gasteiger partial charge in [-0.2, -0.15) is 0 Å². The summed E-state index contributed by atoms with van der Waals surface area (Å²) in [4.78, 5) is 0. The molecule has 10 aromatic rings. The number of aliphatic hydroxyl groups is 5. The van der Waals surface area contributed by atoms with Crippen LogP contribution >= 0.6 is 42.9 Å². The van der Waals surface area contributed by atoms with Crippen LogP contribution in [0.2, 0.25) is 0 Å². The number of hydrogen-bond acceptors (Lipinski definition) is 10. The highest BCUT2D eigenvalue weighted by molar-refractivity contribution is 7.57. The Bertz CT molecular complexity index is 3850. The Balaban J connectivity index is 0.000000178. The minimum atomic E-state index is -0.0914. The number of hydrogen-bond donors (Lipinski definition) is 10. The molecule has 10 N–H and O–H groups in total. The van der Waals surface area contributed by atoms with Gasteiger partial charge in [0.05, 0.1) is 33.0 Å². The quantitative estimate of drug-likeness (QED) is 0.0440. The van der Waals surface area contributed by atoms with Crippen LogP contribution in [0.1, 0.15) is 82.0 Å². The third-order valence-electron chi connectivity index (χ3n) is 14.1. The molecule has 0 aliphatic carbocycles. The van der Waals surface area contributed by atoms with Crippen molar-refractivity contribution in [1.29, 1.82) is 0 Å². The second-order valence-corrected chi connectivity index (χ2v) is 28.8. The van der Waals surface area contributed by atoms with Crippen LogP contribution in [0.25, 0.3) is 0 Å². The fraction of sp³-hybridized carbons (Fsp3) is 0.189. The highest BCUT2D eigenvalue weighted by atomic mass is 31.1. The van der Waals surface area contributed by atoms with Crippen LogP contribution in [0, 0.1) is 34.6 Å². The van der Waals surface area contributed by atoms with E-state index in [4.69, 9.17) is 0 Å². The summed E-state index contributed by atoms with van der Waals surface area (Å²) in [6, 6.07) is 65.7. The number of benzene rings is 10. The Morgan fingerprint density at radius 3 is 1.00 bits per heavy atom. The molecule has 0 aliphatic rings. The molecule has 0 heterocycles. The first kappa shape index (κ1) is 71.2. The molecule has 5 unspecified atom stereocenters. The lowest BCUT2D eigenvalue weighted by Crippen LogP contribution is -2.17. The number of phenols is 5. The van der Waals surface area contributed by atoms with E-state index in [-0.39, 0.29) is 38.4 Å². The zero-order valence-corrected chi connectivity index (χ0v) is 56.6. The highest BCUT2D eigenvalue weighted by Gasteiger charge is 2.21. The van der Waals surface area contributed by atoms with Crippen LogP contribution in [-0.2, 0) is 38.4 Å². The minimum absolute atomic E-state index is 0.0296. The van der Waals surface area contributed by atoms with Crippen molar-refractivity contribution in [3.63, 3.8) is 0 Å². The van der Waals surface area contributed by atoms with Crippen LogP contribution < -0.4 is 53.0 Å². The van der Waals surface area contributed by atoms with Gasteiger partial charge in [0.1, 0.15) is 28.7 Å². The molecule has 0 spiro atoms. The number of para-hydroxylation sites is 2. The molecule has 15 heteroatoms. The van der Waals surface area contributed by atoms with Crippen LogP contribution in [-0.4, -0.2) is 51.1 Å². The summed E-state index contributed by atoms with van der Waals surface area (Å²) in [7, 11) is 1.81. The molecular formula is C74H83O10P5. The zero-order chi connectivity index (χ0) is 64.6. The van der Waals surface area contributed by atoms with Crippen molar-refractivity contribution in [2.24, 2.45) is 0 Å². The van der Waals surface area contributed by atoms with Gasteiger partial charge in [0, 0.05) is 32.1 Å². The van der Waals surface area contributed by atoms with E-state index in [2.05, 4.69) is 33.8 Å². The summed E-state index contributed by atoms with van der Waals surface area (Å²) < 4.78 is 0. The second kappa shape index (κ2) is 35.5. The van der Waals surface area contributed by atoms with Gasteiger partial charge in [-0.25, -0.2) is 0 Å². The molecule has 0 aliphatic heterocycles. The van der Waals surface area contributed by atoms with E-state index in [1.54, 1.807) is 18.2 Å². The Hall–Kier alpha value is -6.85. The highest BCUT2D eigenvalue weighted by Crippen LogP contribution is 2.34. The molecule has 10 nitrogen and oxygen atoms in total. The molecule has 5 atom stereocenters. The Morgan fingerprint density at radius 1 is 0.270 bits per heavy atom. The predicted octanol–water partition coefficient (Wildman–Crippen LogP) is 10.4. The first-order valence-electron chi connectivity index (χ1n) is 29.0. The number of rotatable bonds is 15. The second-order valence-electron chi connectivity index (χ2n) is 22.1. The normalized spacial score (nSPS) is 11.4. The molecule has 464 valence electrons.